The highest BCUT2D eigenvalue weighted by Crippen LogP contribution is 2.35. The van der Waals surface area contributed by atoms with E-state index in [1.807, 2.05) is 30.3 Å². The fraction of sp³-hybridized carbons (Fsp3) is 0.0588. The van der Waals surface area contributed by atoms with Crippen molar-refractivity contribution < 1.29 is 29.3 Å². The molecule has 0 saturated heterocycles. The van der Waals surface area contributed by atoms with Crippen LogP contribution in [0.2, 0.25) is 0 Å². The Morgan fingerprint density at radius 2 is 1.20 bits per heavy atom. The summed E-state index contributed by atoms with van der Waals surface area (Å²) in [4.78, 5) is 24.9. The number of aromatic hydroxyl groups is 2. The summed E-state index contributed by atoms with van der Waals surface area (Å²) >= 11 is 0. The molecule has 0 radical (unpaired) electrons. The Labute approximate surface area is 237 Å². The number of esters is 1. The van der Waals surface area contributed by atoms with Gasteiger partial charge in [0, 0.05) is 16.7 Å². The highest BCUT2D eigenvalue weighted by molar-refractivity contribution is 6.06. The quantitative estimate of drug-likeness (QED) is 0.0912. The van der Waals surface area contributed by atoms with Crippen LogP contribution in [-0.2, 0) is 0 Å². The van der Waals surface area contributed by atoms with Crippen molar-refractivity contribution in [1.82, 2.24) is 4.57 Å². The zero-order valence-corrected chi connectivity index (χ0v) is 22.4. The Morgan fingerprint density at radius 3 is 1.78 bits per heavy atom. The molecule has 0 saturated carbocycles. The number of carbonyl (C=O) groups is 2. The van der Waals surface area contributed by atoms with Crippen LogP contribution in [-0.4, -0.2) is 26.5 Å². The van der Waals surface area contributed by atoms with Crippen molar-refractivity contribution in [3.8, 4) is 34.7 Å². The van der Waals surface area contributed by atoms with Gasteiger partial charge in [-0.1, -0.05) is 48.5 Å². The maximum atomic E-state index is 12.7. The number of ether oxygens (including phenoxy) is 2. The third kappa shape index (κ3) is 6.04. The molecule has 0 spiro atoms. The van der Waals surface area contributed by atoms with Gasteiger partial charge in [0.25, 0.3) is 0 Å². The van der Waals surface area contributed by atoms with Crippen LogP contribution >= 0.6 is 0 Å². The van der Waals surface area contributed by atoms with E-state index in [0.717, 1.165) is 5.56 Å². The third-order valence-electron chi connectivity index (χ3n) is 6.65. The molecule has 5 aromatic rings. The minimum Gasteiger partial charge on any atom is -0.494 e. The van der Waals surface area contributed by atoms with Gasteiger partial charge in [0.1, 0.15) is 17.2 Å². The SMILES string of the molecule is Cc1c(C)c(O)n(-c2ccc(OC(=O)c3ccc(Oc4ccc(C=CC(=O)c5ccccc5)cc4)cc3)cc2)c1O. The summed E-state index contributed by atoms with van der Waals surface area (Å²) in [5.74, 6) is 0.777. The molecule has 41 heavy (non-hydrogen) atoms. The Morgan fingerprint density at radius 1 is 0.659 bits per heavy atom. The molecule has 0 atom stereocenters. The van der Waals surface area contributed by atoms with Crippen molar-refractivity contribution in [1.29, 1.82) is 0 Å². The fourth-order valence-corrected chi connectivity index (χ4v) is 4.16. The number of ketones is 1. The molecule has 0 aliphatic heterocycles. The molecule has 2 N–H and O–H groups in total. The summed E-state index contributed by atoms with van der Waals surface area (Å²) in [6.45, 7) is 3.44. The number of nitrogens with zero attached hydrogens (tertiary/aromatic N) is 1. The summed E-state index contributed by atoms with van der Waals surface area (Å²) in [7, 11) is 0. The van der Waals surface area contributed by atoms with Gasteiger partial charge in [-0.25, -0.2) is 4.79 Å². The maximum absolute atomic E-state index is 12.7. The van der Waals surface area contributed by atoms with E-state index in [0.29, 0.717) is 45.2 Å². The van der Waals surface area contributed by atoms with E-state index < -0.39 is 5.97 Å². The van der Waals surface area contributed by atoms with Gasteiger partial charge in [-0.05, 0) is 86.2 Å². The molecule has 5 rings (SSSR count). The summed E-state index contributed by atoms with van der Waals surface area (Å²) in [6, 6.07) is 29.4. The first-order valence-corrected chi connectivity index (χ1v) is 12.9. The number of hydrogen-bond acceptors (Lipinski definition) is 6. The second-order valence-corrected chi connectivity index (χ2v) is 9.38. The second kappa shape index (κ2) is 11.7. The predicted octanol–water partition coefficient (Wildman–Crippen LogP) is 7.41. The Hall–Kier alpha value is -5.56. The van der Waals surface area contributed by atoms with Crippen LogP contribution in [0.3, 0.4) is 0 Å². The molecular formula is C34H27NO6. The van der Waals surface area contributed by atoms with Crippen LogP contribution in [0, 0.1) is 13.8 Å². The maximum Gasteiger partial charge on any atom is 0.343 e. The molecule has 1 heterocycles. The zero-order chi connectivity index (χ0) is 28.9. The van der Waals surface area contributed by atoms with E-state index in [2.05, 4.69) is 0 Å². The van der Waals surface area contributed by atoms with E-state index in [1.54, 1.807) is 92.7 Å². The average Bonchev–Trinajstić information content (AvgIpc) is 3.19. The van der Waals surface area contributed by atoms with Gasteiger partial charge < -0.3 is 19.7 Å². The van der Waals surface area contributed by atoms with Crippen LogP contribution in [0.4, 0.5) is 0 Å². The van der Waals surface area contributed by atoms with Crippen molar-refractivity contribution in [2.75, 3.05) is 0 Å². The van der Waals surface area contributed by atoms with Crippen molar-refractivity contribution >= 4 is 17.8 Å². The molecule has 4 aromatic carbocycles. The molecule has 0 aliphatic rings. The van der Waals surface area contributed by atoms with Crippen molar-refractivity contribution in [2.45, 2.75) is 13.8 Å². The van der Waals surface area contributed by atoms with E-state index >= 15 is 0 Å². The lowest BCUT2D eigenvalue weighted by atomic mass is 10.1. The molecule has 0 amide bonds. The monoisotopic (exact) mass is 545 g/mol. The first-order valence-electron chi connectivity index (χ1n) is 12.9. The number of aromatic nitrogens is 1. The number of allylic oxidation sites excluding steroid dienone is 1. The summed E-state index contributed by atoms with van der Waals surface area (Å²) in [5.41, 5.74) is 3.55. The summed E-state index contributed by atoms with van der Waals surface area (Å²) in [6.07, 6.45) is 3.29. The molecule has 7 heteroatoms. The molecular weight excluding hydrogens is 518 g/mol. The standard InChI is InChI=1S/C34H27NO6/c1-22-23(2)33(38)35(32(22)37)27-13-19-30(20-14-27)41-34(39)26-11-17-29(18-12-26)40-28-15-8-24(9-16-28)10-21-31(36)25-6-4-3-5-7-25/h3-21,37-38H,1-2H3. The first kappa shape index (κ1) is 27.0. The second-order valence-electron chi connectivity index (χ2n) is 9.38. The molecule has 1 aromatic heterocycles. The minimum absolute atomic E-state index is 0.0461. The average molecular weight is 546 g/mol. The van der Waals surface area contributed by atoms with E-state index in [-0.39, 0.29) is 17.5 Å². The van der Waals surface area contributed by atoms with E-state index in [1.165, 1.54) is 10.6 Å². The smallest absolute Gasteiger partial charge is 0.343 e. The van der Waals surface area contributed by atoms with Gasteiger partial charge in [0.15, 0.2) is 5.78 Å². The van der Waals surface area contributed by atoms with Gasteiger partial charge in [-0.15, -0.1) is 0 Å². The lowest BCUT2D eigenvalue weighted by molar-refractivity contribution is 0.0734. The van der Waals surface area contributed by atoms with E-state index in [9.17, 15) is 19.8 Å². The Balaban J connectivity index is 1.17. The summed E-state index contributed by atoms with van der Waals surface area (Å²) in [5, 5.41) is 20.6. The number of carbonyl (C=O) groups excluding carboxylic acids is 2. The molecule has 7 nitrogen and oxygen atoms in total. The minimum atomic E-state index is -0.538. The van der Waals surface area contributed by atoms with Gasteiger partial charge in [0.2, 0.25) is 11.8 Å². The van der Waals surface area contributed by atoms with Crippen LogP contribution in [0.15, 0.2) is 109 Å². The van der Waals surface area contributed by atoms with Crippen LogP contribution in [0.1, 0.15) is 37.4 Å². The highest BCUT2D eigenvalue weighted by Gasteiger charge is 2.18. The van der Waals surface area contributed by atoms with Crippen LogP contribution in [0.5, 0.6) is 29.0 Å². The molecule has 204 valence electrons. The molecule has 0 fully saturated rings. The van der Waals surface area contributed by atoms with Crippen molar-refractivity contribution in [2.24, 2.45) is 0 Å². The van der Waals surface area contributed by atoms with E-state index in [4.69, 9.17) is 9.47 Å². The summed E-state index contributed by atoms with van der Waals surface area (Å²) < 4.78 is 12.7. The normalized spacial score (nSPS) is 11.0. The third-order valence-corrected chi connectivity index (χ3v) is 6.65. The van der Waals surface area contributed by atoms with Crippen molar-refractivity contribution in [3.05, 3.63) is 137 Å². The predicted molar refractivity (Wildman–Crippen MR) is 156 cm³/mol. The number of rotatable bonds is 8. The Bertz CT molecular complexity index is 1690. The first-order chi connectivity index (χ1) is 19.8. The molecule has 0 unspecified atom stereocenters. The van der Waals surface area contributed by atoms with Gasteiger partial charge >= 0.3 is 5.97 Å². The highest BCUT2D eigenvalue weighted by atomic mass is 16.5. The van der Waals surface area contributed by atoms with Gasteiger partial charge in [-0.2, -0.15) is 0 Å². The number of benzene rings is 4. The largest absolute Gasteiger partial charge is 0.494 e. The molecule has 0 aliphatic carbocycles. The molecule has 0 bridgehead atoms. The zero-order valence-electron chi connectivity index (χ0n) is 22.4. The van der Waals surface area contributed by atoms with Crippen LogP contribution < -0.4 is 9.47 Å². The van der Waals surface area contributed by atoms with Gasteiger partial charge in [-0.3, -0.25) is 9.36 Å². The van der Waals surface area contributed by atoms with Gasteiger partial charge in [0.05, 0.1) is 11.3 Å². The van der Waals surface area contributed by atoms with Crippen LogP contribution in [0.25, 0.3) is 11.8 Å². The Kier molecular flexibility index (Phi) is 7.69. The van der Waals surface area contributed by atoms with Crippen molar-refractivity contribution in [3.63, 3.8) is 0 Å². The fourth-order valence-electron chi connectivity index (χ4n) is 4.16. The lowest BCUT2D eigenvalue weighted by Gasteiger charge is -2.10. The lowest BCUT2D eigenvalue weighted by Crippen LogP contribution is -2.08. The topological polar surface area (TPSA) is 98.0 Å². The number of hydrogen-bond donors (Lipinski definition) is 2.